The lowest BCUT2D eigenvalue weighted by Crippen LogP contribution is -2.30. The van der Waals surface area contributed by atoms with Gasteiger partial charge in [0, 0.05) is 28.6 Å². The van der Waals surface area contributed by atoms with E-state index >= 15 is 0 Å². The largest absolute Gasteiger partial charge is 0.294 e. The van der Waals surface area contributed by atoms with E-state index in [2.05, 4.69) is 33.4 Å². The lowest BCUT2D eigenvalue weighted by molar-refractivity contribution is -0.117. The first kappa shape index (κ1) is 14.5. The molecule has 1 aliphatic heterocycles. The van der Waals surface area contributed by atoms with Crippen LogP contribution >= 0.6 is 15.9 Å². The van der Waals surface area contributed by atoms with Crippen molar-refractivity contribution >= 4 is 27.4 Å². The Balaban J connectivity index is 1.78. The number of hydrazone groups is 1. The minimum atomic E-state index is 0.298. The highest BCUT2D eigenvalue weighted by atomic mass is 79.9. The Kier molecular flexibility index (Phi) is 4.24. The third kappa shape index (κ3) is 3.10. The van der Waals surface area contributed by atoms with Crippen LogP contribution in [0.3, 0.4) is 0 Å². The molecule has 3 nitrogen and oxygen atoms in total. The number of nitrogens with zero attached hydrogens (tertiary/aromatic N) is 1. The summed E-state index contributed by atoms with van der Waals surface area (Å²) in [5.41, 5.74) is 7.14. The van der Waals surface area contributed by atoms with Crippen LogP contribution < -0.4 is 5.43 Å². The van der Waals surface area contributed by atoms with E-state index in [1.54, 1.807) is 0 Å². The van der Waals surface area contributed by atoms with Gasteiger partial charge in [0.25, 0.3) is 0 Å². The number of hydrogen-bond donors (Lipinski definition) is 1. The first-order valence-corrected chi connectivity index (χ1v) is 8.30. The average molecular weight is 347 g/mol. The minimum absolute atomic E-state index is 0.298. The second-order valence-electron chi connectivity index (χ2n) is 5.80. The molecule has 0 saturated carbocycles. The molecule has 0 fully saturated rings. The van der Waals surface area contributed by atoms with E-state index < -0.39 is 0 Å². The van der Waals surface area contributed by atoms with Gasteiger partial charge < -0.3 is 0 Å². The molecule has 0 spiro atoms. The summed E-state index contributed by atoms with van der Waals surface area (Å²) in [6, 6.07) is 8.07. The number of allylic oxidation sites excluding steroid dienone is 2. The molecule has 1 aliphatic carbocycles. The van der Waals surface area contributed by atoms with Gasteiger partial charge in [-0.3, -0.25) is 10.2 Å². The number of ketones is 1. The van der Waals surface area contributed by atoms with Crippen LogP contribution in [0.15, 0.2) is 45.1 Å². The van der Waals surface area contributed by atoms with Crippen LogP contribution in [-0.2, 0) is 4.79 Å². The van der Waals surface area contributed by atoms with Gasteiger partial charge in [0.15, 0.2) is 5.78 Å². The van der Waals surface area contributed by atoms with Gasteiger partial charge in [-0.05, 0) is 36.5 Å². The van der Waals surface area contributed by atoms with Crippen molar-refractivity contribution in [3.8, 4) is 0 Å². The predicted molar refractivity (Wildman–Crippen MR) is 88.1 cm³/mol. The fourth-order valence-corrected chi connectivity index (χ4v) is 3.38. The zero-order chi connectivity index (χ0) is 14.8. The molecule has 4 heteroatoms. The Hall–Kier alpha value is -1.42. The molecule has 0 unspecified atom stereocenters. The number of hydrogen-bond acceptors (Lipinski definition) is 3. The monoisotopic (exact) mass is 346 g/mol. The van der Waals surface area contributed by atoms with Crippen molar-refractivity contribution in [2.75, 3.05) is 0 Å². The zero-order valence-corrected chi connectivity index (χ0v) is 13.7. The van der Waals surface area contributed by atoms with Crippen LogP contribution in [0, 0.1) is 5.92 Å². The first-order chi connectivity index (χ1) is 10.2. The van der Waals surface area contributed by atoms with E-state index in [1.807, 2.05) is 24.3 Å². The molecule has 1 heterocycles. The van der Waals surface area contributed by atoms with Crippen LogP contribution in [0.5, 0.6) is 0 Å². The topological polar surface area (TPSA) is 41.5 Å². The Bertz CT molecular complexity index is 616. The van der Waals surface area contributed by atoms with E-state index in [-0.39, 0.29) is 0 Å². The maximum Gasteiger partial charge on any atom is 0.161 e. The maximum atomic E-state index is 12.4. The summed E-state index contributed by atoms with van der Waals surface area (Å²) in [6.45, 7) is 2.17. The Morgan fingerprint density at radius 2 is 2.05 bits per heavy atom. The first-order valence-electron chi connectivity index (χ1n) is 7.51. The van der Waals surface area contributed by atoms with E-state index in [0.29, 0.717) is 24.5 Å². The molecule has 0 radical (unpaired) electrons. The molecule has 3 rings (SSSR count). The molecule has 1 aromatic carbocycles. The van der Waals surface area contributed by atoms with Crippen molar-refractivity contribution in [3.05, 3.63) is 45.6 Å². The van der Waals surface area contributed by atoms with Crippen LogP contribution in [-0.4, -0.2) is 11.5 Å². The van der Waals surface area contributed by atoms with Crippen molar-refractivity contribution in [2.45, 2.75) is 39.0 Å². The van der Waals surface area contributed by atoms with Gasteiger partial charge >= 0.3 is 0 Å². The Morgan fingerprint density at radius 1 is 1.29 bits per heavy atom. The second kappa shape index (κ2) is 6.14. The van der Waals surface area contributed by atoms with Crippen LogP contribution in [0.4, 0.5) is 0 Å². The molecule has 0 bridgehead atoms. The summed E-state index contributed by atoms with van der Waals surface area (Å²) in [5.74, 6) is 0.782. The Morgan fingerprint density at radius 3 is 2.76 bits per heavy atom. The van der Waals surface area contributed by atoms with Gasteiger partial charge in [-0.15, -0.1) is 0 Å². The zero-order valence-electron chi connectivity index (χ0n) is 12.2. The standard InChI is InChI=1S/C17H19BrN2O/c1-2-3-11-8-16-14(17(21)9-11)10-15(19-20-16)12-4-6-13(18)7-5-12/h4-7,11,20H,2-3,8-10H2,1H3/t11-/m0/s1. The third-order valence-electron chi connectivity index (χ3n) is 4.21. The van der Waals surface area contributed by atoms with Gasteiger partial charge in [0.05, 0.1) is 5.71 Å². The fraction of sp³-hybridized carbons (Fsp3) is 0.412. The van der Waals surface area contributed by atoms with Gasteiger partial charge in [0.1, 0.15) is 0 Å². The van der Waals surface area contributed by atoms with E-state index in [4.69, 9.17) is 0 Å². The van der Waals surface area contributed by atoms with E-state index in [1.165, 1.54) is 0 Å². The van der Waals surface area contributed by atoms with Gasteiger partial charge in [-0.1, -0.05) is 41.4 Å². The molecule has 0 saturated heterocycles. The SMILES string of the molecule is CCC[C@@H]1CC(=O)C2=C(C1)NN=C(c1ccc(Br)cc1)C2. The molecule has 1 N–H and O–H groups in total. The molecule has 110 valence electrons. The Labute approximate surface area is 133 Å². The number of carbonyl (C=O) groups excluding carboxylic acids is 1. The normalized spacial score (nSPS) is 21.7. The summed E-state index contributed by atoms with van der Waals surface area (Å²) in [5, 5.41) is 4.48. The number of nitrogens with one attached hydrogen (secondary N) is 1. The van der Waals surface area contributed by atoms with Crippen molar-refractivity contribution < 1.29 is 4.79 Å². The summed E-state index contributed by atoms with van der Waals surface area (Å²) < 4.78 is 1.05. The van der Waals surface area contributed by atoms with Gasteiger partial charge in [-0.2, -0.15) is 5.10 Å². The van der Waals surface area contributed by atoms with Crippen LogP contribution in [0.25, 0.3) is 0 Å². The van der Waals surface area contributed by atoms with Gasteiger partial charge in [-0.25, -0.2) is 0 Å². The molecule has 1 aromatic rings. The highest BCUT2D eigenvalue weighted by Crippen LogP contribution is 2.32. The smallest absolute Gasteiger partial charge is 0.161 e. The van der Waals surface area contributed by atoms with Crippen molar-refractivity contribution in [2.24, 2.45) is 11.0 Å². The van der Waals surface area contributed by atoms with Crippen LogP contribution in [0.1, 0.15) is 44.6 Å². The number of benzene rings is 1. The summed E-state index contributed by atoms with van der Waals surface area (Å²) >= 11 is 3.44. The molecule has 0 aromatic heterocycles. The molecule has 1 atom stereocenters. The highest BCUT2D eigenvalue weighted by molar-refractivity contribution is 9.10. The average Bonchev–Trinajstić information content (AvgIpc) is 2.48. The molecule has 2 aliphatic rings. The molecular formula is C17H19BrN2O. The highest BCUT2D eigenvalue weighted by Gasteiger charge is 2.30. The number of Topliss-reactive ketones (excluding diaryl/α,β-unsaturated/α-hetero) is 1. The van der Waals surface area contributed by atoms with E-state index in [0.717, 1.165) is 46.3 Å². The summed E-state index contributed by atoms with van der Waals surface area (Å²) in [6.07, 6.45) is 4.57. The molecular weight excluding hydrogens is 328 g/mol. The second-order valence-corrected chi connectivity index (χ2v) is 6.71. The van der Waals surface area contributed by atoms with Crippen molar-refractivity contribution in [3.63, 3.8) is 0 Å². The lowest BCUT2D eigenvalue weighted by atomic mass is 9.81. The molecule has 0 amide bonds. The van der Waals surface area contributed by atoms with Crippen molar-refractivity contribution in [1.29, 1.82) is 0 Å². The minimum Gasteiger partial charge on any atom is -0.294 e. The third-order valence-corrected chi connectivity index (χ3v) is 4.74. The van der Waals surface area contributed by atoms with Crippen molar-refractivity contribution in [1.82, 2.24) is 5.43 Å². The fourth-order valence-electron chi connectivity index (χ4n) is 3.12. The van der Waals surface area contributed by atoms with Crippen LogP contribution in [0.2, 0.25) is 0 Å². The van der Waals surface area contributed by atoms with Gasteiger partial charge in [0.2, 0.25) is 0 Å². The number of carbonyl (C=O) groups is 1. The molecule has 21 heavy (non-hydrogen) atoms. The summed E-state index contributed by atoms with van der Waals surface area (Å²) in [4.78, 5) is 12.4. The predicted octanol–water partition coefficient (Wildman–Crippen LogP) is 4.18. The summed E-state index contributed by atoms with van der Waals surface area (Å²) in [7, 11) is 0. The van der Waals surface area contributed by atoms with E-state index in [9.17, 15) is 4.79 Å². The maximum absolute atomic E-state index is 12.4. The quantitative estimate of drug-likeness (QED) is 0.891. The lowest BCUT2D eigenvalue weighted by Gasteiger charge is -2.29. The number of halogens is 1. The number of rotatable bonds is 3.